The van der Waals surface area contributed by atoms with Crippen molar-refractivity contribution in [1.82, 2.24) is 4.98 Å². The lowest BCUT2D eigenvalue weighted by Gasteiger charge is -2.17. The van der Waals surface area contributed by atoms with E-state index in [9.17, 15) is 0 Å². The Kier molecular flexibility index (Phi) is 24.5. The van der Waals surface area contributed by atoms with Gasteiger partial charge < -0.3 is 0 Å². The van der Waals surface area contributed by atoms with Crippen molar-refractivity contribution in [2.24, 2.45) is 0 Å². The molecule has 0 saturated heterocycles. The highest BCUT2D eigenvalue weighted by molar-refractivity contribution is 4.90. The van der Waals surface area contributed by atoms with Crippen molar-refractivity contribution in [1.29, 1.82) is 0 Å². The van der Waals surface area contributed by atoms with Crippen LogP contribution >= 0.6 is 0 Å². The van der Waals surface area contributed by atoms with Crippen LogP contribution in [0, 0.1) is 0 Å². The predicted molar refractivity (Wildman–Crippen MR) is 170 cm³/mol. The highest BCUT2D eigenvalue weighted by atomic mass is 15.1. The molecule has 0 fully saturated rings. The molecule has 0 spiro atoms. The fourth-order valence-electron chi connectivity index (χ4n) is 6.24. The lowest BCUT2D eigenvalue weighted by Crippen LogP contribution is -2.41. The molecule has 0 radical (unpaired) electrons. The molecule has 1 rings (SSSR count). The summed E-state index contributed by atoms with van der Waals surface area (Å²) in [6.45, 7) is 9.41. The average Bonchev–Trinajstić information content (AvgIpc) is 3.42. The molecule has 2 nitrogen and oxygen atoms in total. The van der Waals surface area contributed by atoms with E-state index in [1.54, 1.807) is 0 Å². The summed E-state index contributed by atoms with van der Waals surface area (Å²) in [6, 6.07) is 0.622. The van der Waals surface area contributed by atoms with Crippen LogP contribution < -0.4 is 4.57 Å². The van der Waals surface area contributed by atoms with Gasteiger partial charge in [-0.15, -0.1) is 0 Å². The van der Waals surface area contributed by atoms with E-state index >= 15 is 0 Å². The third-order valence-corrected chi connectivity index (χ3v) is 8.89. The summed E-state index contributed by atoms with van der Waals surface area (Å²) in [5, 5.41) is 0. The van der Waals surface area contributed by atoms with Gasteiger partial charge in [0.05, 0.1) is 12.0 Å². The molecule has 38 heavy (non-hydrogen) atoms. The van der Waals surface area contributed by atoms with Crippen LogP contribution in [0.25, 0.3) is 0 Å². The SMILES string of the molecule is CCCCCCCCCCCCCCCC(CCCC)c1[nH]cc[n+]1C(C)CCCCCCCCCCC. The number of aromatic nitrogens is 2. The summed E-state index contributed by atoms with van der Waals surface area (Å²) in [5.41, 5.74) is 0. The number of rotatable bonds is 29. The summed E-state index contributed by atoms with van der Waals surface area (Å²) in [4.78, 5) is 3.69. The van der Waals surface area contributed by atoms with E-state index in [0.717, 1.165) is 0 Å². The van der Waals surface area contributed by atoms with Gasteiger partial charge in [0.1, 0.15) is 12.4 Å². The number of hydrogen-bond acceptors (Lipinski definition) is 0. The van der Waals surface area contributed by atoms with Gasteiger partial charge in [-0.05, 0) is 32.6 Å². The molecule has 0 bridgehead atoms. The molecule has 1 aromatic heterocycles. The molecule has 0 saturated carbocycles. The van der Waals surface area contributed by atoms with Gasteiger partial charge in [0.15, 0.2) is 0 Å². The number of unbranched alkanes of at least 4 members (excludes halogenated alkanes) is 21. The standard InChI is InChI=1S/C36H70N2/c1-5-8-11-13-15-17-18-19-20-22-24-26-28-31-35(30-10-7-3)36-37-32-33-38(36)34(4)29-27-25-23-21-16-14-12-9-6-2/h32-35H,5-31H2,1-4H3/p+1. The number of hydrogen-bond donors (Lipinski definition) is 1. The van der Waals surface area contributed by atoms with E-state index in [2.05, 4.69) is 49.6 Å². The normalized spacial score (nSPS) is 13.3. The monoisotopic (exact) mass is 532 g/mol. The summed E-state index contributed by atoms with van der Waals surface area (Å²) in [7, 11) is 0. The fourth-order valence-corrected chi connectivity index (χ4v) is 6.24. The van der Waals surface area contributed by atoms with Gasteiger partial charge >= 0.3 is 0 Å². The van der Waals surface area contributed by atoms with Crippen LogP contribution in [0.15, 0.2) is 12.4 Å². The van der Waals surface area contributed by atoms with Gasteiger partial charge in [-0.25, -0.2) is 9.55 Å². The van der Waals surface area contributed by atoms with Gasteiger partial charge in [-0.1, -0.05) is 168 Å². The molecular formula is C36H71N2+. The molecule has 2 unspecified atom stereocenters. The average molecular weight is 532 g/mol. The summed E-state index contributed by atoms with van der Waals surface area (Å²) in [6.07, 6.45) is 42.8. The largest absolute Gasteiger partial charge is 0.257 e. The Hall–Kier alpha value is -0.790. The molecule has 2 atom stereocenters. The minimum Gasteiger partial charge on any atom is -0.247 e. The maximum Gasteiger partial charge on any atom is 0.257 e. The Balaban J connectivity index is 2.24. The van der Waals surface area contributed by atoms with Crippen molar-refractivity contribution in [3.8, 4) is 0 Å². The molecule has 0 aliphatic rings. The maximum atomic E-state index is 3.69. The Morgan fingerprint density at radius 3 is 1.32 bits per heavy atom. The van der Waals surface area contributed by atoms with Crippen LogP contribution in [0.5, 0.6) is 0 Å². The number of imidazole rings is 1. The molecule has 224 valence electrons. The summed E-state index contributed by atoms with van der Waals surface area (Å²) >= 11 is 0. The molecule has 1 aromatic rings. The van der Waals surface area contributed by atoms with Gasteiger partial charge in [0.25, 0.3) is 5.82 Å². The first kappa shape index (κ1) is 35.2. The van der Waals surface area contributed by atoms with E-state index < -0.39 is 0 Å². The van der Waals surface area contributed by atoms with E-state index in [4.69, 9.17) is 0 Å². The smallest absolute Gasteiger partial charge is 0.247 e. The lowest BCUT2D eigenvalue weighted by molar-refractivity contribution is -0.727. The highest BCUT2D eigenvalue weighted by Gasteiger charge is 2.25. The van der Waals surface area contributed by atoms with Crippen LogP contribution in [0.4, 0.5) is 0 Å². The molecule has 0 amide bonds. The second-order valence-electron chi connectivity index (χ2n) is 12.6. The van der Waals surface area contributed by atoms with E-state index in [1.165, 1.54) is 179 Å². The molecular weight excluding hydrogens is 460 g/mol. The summed E-state index contributed by atoms with van der Waals surface area (Å²) in [5.74, 6) is 2.23. The van der Waals surface area contributed by atoms with E-state index in [1.807, 2.05) is 0 Å². The van der Waals surface area contributed by atoms with Crippen molar-refractivity contribution in [3.05, 3.63) is 18.2 Å². The molecule has 1 heterocycles. The number of nitrogens with zero attached hydrogens (tertiary/aromatic N) is 1. The predicted octanol–water partition coefficient (Wildman–Crippen LogP) is 12.5. The lowest BCUT2D eigenvalue weighted by atomic mass is 9.93. The van der Waals surface area contributed by atoms with Gasteiger partial charge in [-0.2, -0.15) is 0 Å². The second kappa shape index (κ2) is 26.4. The first-order valence-electron chi connectivity index (χ1n) is 17.8. The van der Waals surface area contributed by atoms with Crippen LogP contribution in [-0.2, 0) is 0 Å². The zero-order chi connectivity index (χ0) is 27.5. The Bertz CT molecular complexity index is 592. The zero-order valence-corrected chi connectivity index (χ0v) is 26.8. The maximum absolute atomic E-state index is 3.69. The Morgan fingerprint density at radius 1 is 0.500 bits per heavy atom. The van der Waals surface area contributed by atoms with Crippen LogP contribution in [0.1, 0.15) is 219 Å². The third kappa shape index (κ3) is 18.5. The second-order valence-corrected chi connectivity index (χ2v) is 12.6. The van der Waals surface area contributed by atoms with Crippen LogP contribution in [-0.4, -0.2) is 4.98 Å². The third-order valence-electron chi connectivity index (χ3n) is 8.89. The van der Waals surface area contributed by atoms with Crippen molar-refractivity contribution in [2.45, 2.75) is 213 Å². The molecule has 0 aromatic carbocycles. The van der Waals surface area contributed by atoms with Crippen LogP contribution in [0.2, 0.25) is 0 Å². The van der Waals surface area contributed by atoms with Crippen LogP contribution in [0.3, 0.4) is 0 Å². The molecule has 0 aliphatic carbocycles. The highest BCUT2D eigenvalue weighted by Crippen LogP contribution is 2.26. The number of H-pyrrole nitrogens is 1. The molecule has 0 aliphatic heterocycles. The van der Waals surface area contributed by atoms with Crippen molar-refractivity contribution >= 4 is 0 Å². The first-order chi connectivity index (χ1) is 18.7. The number of aromatic amines is 1. The topological polar surface area (TPSA) is 19.7 Å². The zero-order valence-electron chi connectivity index (χ0n) is 26.8. The number of nitrogens with one attached hydrogen (secondary N) is 1. The minimum atomic E-state index is 0.622. The Labute approximate surface area is 240 Å². The molecule has 2 heteroatoms. The molecule has 1 N–H and O–H groups in total. The van der Waals surface area contributed by atoms with Crippen molar-refractivity contribution in [2.75, 3.05) is 0 Å². The first-order valence-corrected chi connectivity index (χ1v) is 17.8. The quantitative estimate of drug-likeness (QED) is 0.0783. The Morgan fingerprint density at radius 2 is 0.868 bits per heavy atom. The van der Waals surface area contributed by atoms with Gasteiger partial charge in [0.2, 0.25) is 0 Å². The van der Waals surface area contributed by atoms with Gasteiger partial charge in [0, 0.05) is 0 Å². The van der Waals surface area contributed by atoms with Crippen molar-refractivity contribution in [3.63, 3.8) is 0 Å². The van der Waals surface area contributed by atoms with Crippen molar-refractivity contribution < 1.29 is 4.57 Å². The van der Waals surface area contributed by atoms with E-state index in [-0.39, 0.29) is 0 Å². The minimum absolute atomic E-state index is 0.622. The fraction of sp³-hybridized carbons (Fsp3) is 0.917. The van der Waals surface area contributed by atoms with Gasteiger partial charge in [-0.3, -0.25) is 0 Å². The summed E-state index contributed by atoms with van der Waals surface area (Å²) < 4.78 is 2.60. The van der Waals surface area contributed by atoms with E-state index in [0.29, 0.717) is 12.0 Å².